The Bertz CT molecular complexity index is 1530. The van der Waals surface area contributed by atoms with Gasteiger partial charge in [-0.3, -0.25) is 4.99 Å². The van der Waals surface area contributed by atoms with E-state index < -0.39 is 11.6 Å². The van der Waals surface area contributed by atoms with Crippen LogP contribution >= 0.6 is 0 Å². The van der Waals surface area contributed by atoms with Crippen LogP contribution in [0, 0.1) is 23.0 Å². The maximum atomic E-state index is 14.2. The highest BCUT2D eigenvalue weighted by Gasteiger charge is 2.25. The fourth-order valence-corrected chi connectivity index (χ4v) is 5.32. The Kier molecular flexibility index (Phi) is 6.72. The van der Waals surface area contributed by atoms with Gasteiger partial charge in [-0.2, -0.15) is 5.26 Å². The molecule has 1 unspecified atom stereocenters. The summed E-state index contributed by atoms with van der Waals surface area (Å²) < 4.78 is 28.4. The second-order valence-corrected chi connectivity index (χ2v) is 9.72. The summed E-state index contributed by atoms with van der Waals surface area (Å²) in [6, 6.07) is 21.8. The first-order chi connectivity index (χ1) is 19.1. The molecule has 0 aliphatic carbocycles. The first-order valence-corrected chi connectivity index (χ1v) is 13.0. The van der Waals surface area contributed by atoms with Crippen LogP contribution in [0.15, 0.2) is 84.1 Å². The smallest absolute Gasteiger partial charge is 0.225 e. The zero-order chi connectivity index (χ0) is 26.8. The molecule has 2 aliphatic heterocycles. The molecule has 3 heterocycles. The van der Waals surface area contributed by atoms with Crippen LogP contribution < -0.4 is 9.80 Å². The molecule has 0 bridgehead atoms. The van der Waals surface area contributed by atoms with Crippen LogP contribution in [0.5, 0.6) is 0 Å². The van der Waals surface area contributed by atoms with E-state index in [9.17, 15) is 14.0 Å². The van der Waals surface area contributed by atoms with Crippen molar-refractivity contribution in [1.82, 2.24) is 9.97 Å². The summed E-state index contributed by atoms with van der Waals surface area (Å²) in [5.74, 6) is -0.449. The topological polar surface area (TPSA) is 68.4 Å². The molecule has 0 radical (unpaired) electrons. The van der Waals surface area contributed by atoms with E-state index in [1.54, 1.807) is 0 Å². The molecule has 2 aliphatic rings. The molecule has 4 aromatic rings. The lowest BCUT2D eigenvalue weighted by Crippen LogP contribution is -2.47. The molecule has 1 saturated heterocycles. The van der Waals surface area contributed by atoms with E-state index in [1.807, 2.05) is 60.9 Å². The van der Waals surface area contributed by atoms with E-state index in [1.165, 1.54) is 18.2 Å². The van der Waals surface area contributed by atoms with Crippen LogP contribution in [0.3, 0.4) is 0 Å². The van der Waals surface area contributed by atoms with Crippen LogP contribution in [0.25, 0.3) is 11.1 Å². The molecule has 1 fully saturated rings. The highest BCUT2D eigenvalue weighted by molar-refractivity contribution is 6.02. The largest absolute Gasteiger partial charge is 0.367 e. The second-order valence-electron chi connectivity index (χ2n) is 9.72. The minimum Gasteiger partial charge on any atom is -0.367 e. The third-order valence-electron chi connectivity index (χ3n) is 7.41. The molecular formula is C31H26F2N6. The number of nitrogens with zero attached hydrogens (tertiary/aromatic N) is 6. The second kappa shape index (κ2) is 10.6. The summed E-state index contributed by atoms with van der Waals surface area (Å²) in [6.07, 6.45) is 4.93. The van der Waals surface area contributed by atoms with Crippen molar-refractivity contribution in [3.63, 3.8) is 0 Å². The third kappa shape index (κ3) is 4.96. The van der Waals surface area contributed by atoms with E-state index >= 15 is 0 Å². The predicted molar refractivity (Wildman–Crippen MR) is 148 cm³/mol. The van der Waals surface area contributed by atoms with Crippen molar-refractivity contribution in [2.45, 2.75) is 18.9 Å². The van der Waals surface area contributed by atoms with Crippen molar-refractivity contribution < 1.29 is 8.78 Å². The number of aromatic nitrogens is 2. The minimum atomic E-state index is -0.570. The first-order valence-electron chi connectivity index (χ1n) is 13.0. The lowest BCUT2D eigenvalue weighted by Gasteiger charge is -2.36. The van der Waals surface area contributed by atoms with Gasteiger partial charge in [0.05, 0.1) is 22.9 Å². The maximum Gasteiger partial charge on any atom is 0.225 e. The van der Waals surface area contributed by atoms with Crippen molar-refractivity contribution in [2.24, 2.45) is 4.99 Å². The van der Waals surface area contributed by atoms with Gasteiger partial charge in [0, 0.05) is 49.8 Å². The van der Waals surface area contributed by atoms with Gasteiger partial charge in [-0.25, -0.2) is 18.7 Å². The lowest BCUT2D eigenvalue weighted by molar-refractivity contribution is 0.578. The Morgan fingerprint density at radius 2 is 1.44 bits per heavy atom. The molecule has 6 rings (SSSR count). The van der Waals surface area contributed by atoms with Gasteiger partial charge in [0.25, 0.3) is 0 Å². The Hall–Kier alpha value is -4.64. The van der Waals surface area contributed by atoms with E-state index in [0.29, 0.717) is 23.6 Å². The number of aliphatic imine (C=N–C) groups is 1. The summed E-state index contributed by atoms with van der Waals surface area (Å²) in [6.45, 7) is 3.13. The molecule has 1 aromatic heterocycles. The number of anilines is 2. The number of nitriles is 1. The molecule has 0 amide bonds. The van der Waals surface area contributed by atoms with Crippen LogP contribution in [0.1, 0.15) is 35.6 Å². The fourth-order valence-electron chi connectivity index (χ4n) is 5.32. The molecule has 0 spiro atoms. The minimum absolute atomic E-state index is 0.0118. The SMILES string of the molecule is N#Cc1ccccc1N1CCN(c2ncc(-c3ccc(C4CCC(c5c(F)cccc5F)=N4)cc3)cn2)CC1. The maximum absolute atomic E-state index is 14.2. The normalized spacial score (nSPS) is 17.2. The van der Waals surface area contributed by atoms with Crippen molar-refractivity contribution in [3.05, 3.63) is 107 Å². The Labute approximate surface area is 225 Å². The lowest BCUT2D eigenvalue weighted by atomic mass is 10.0. The number of piperazine rings is 1. The molecule has 6 nitrogen and oxygen atoms in total. The van der Waals surface area contributed by atoms with Gasteiger partial charge < -0.3 is 9.80 Å². The summed E-state index contributed by atoms with van der Waals surface area (Å²) >= 11 is 0. The van der Waals surface area contributed by atoms with Gasteiger partial charge in [-0.15, -0.1) is 0 Å². The van der Waals surface area contributed by atoms with Crippen LogP contribution in [0.2, 0.25) is 0 Å². The number of benzene rings is 3. The molecule has 3 aromatic carbocycles. The summed E-state index contributed by atoms with van der Waals surface area (Å²) in [4.78, 5) is 18.3. The summed E-state index contributed by atoms with van der Waals surface area (Å²) in [7, 11) is 0. The van der Waals surface area contributed by atoms with Gasteiger partial charge in [-0.05, 0) is 48.2 Å². The highest BCUT2D eigenvalue weighted by atomic mass is 19.1. The fraction of sp³-hybridized carbons (Fsp3) is 0.226. The first kappa shape index (κ1) is 24.7. The Morgan fingerprint density at radius 1 is 0.769 bits per heavy atom. The third-order valence-corrected chi connectivity index (χ3v) is 7.41. The van der Waals surface area contributed by atoms with Gasteiger partial charge in [-0.1, -0.05) is 42.5 Å². The quantitative estimate of drug-likeness (QED) is 0.326. The molecular weight excluding hydrogens is 494 g/mol. The summed E-state index contributed by atoms with van der Waals surface area (Å²) in [5, 5.41) is 9.40. The average Bonchev–Trinajstić information content (AvgIpc) is 3.47. The molecule has 194 valence electrons. The van der Waals surface area contributed by atoms with Crippen LogP contribution in [-0.2, 0) is 0 Å². The van der Waals surface area contributed by atoms with E-state index in [0.717, 1.165) is 55.0 Å². The zero-order valence-corrected chi connectivity index (χ0v) is 21.3. The molecule has 39 heavy (non-hydrogen) atoms. The van der Waals surface area contributed by atoms with Crippen LogP contribution in [0.4, 0.5) is 20.4 Å². The predicted octanol–water partition coefficient (Wildman–Crippen LogP) is 5.94. The van der Waals surface area contributed by atoms with Crippen molar-refractivity contribution in [3.8, 4) is 17.2 Å². The van der Waals surface area contributed by atoms with Crippen LogP contribution in [-0.4, -0.2) is 41.9 Å². The zero-order valence-electron chi connectivity index (χ0n) is 21.3. The highest BCUT2D eigenvalue weighted by Crippen LogP contribution is 2.33. The number of rotatable bonds is 5. The van der Waals surface area contributed by atoms with Crippen molar-refractivity contribution in [2.75, 3.05) is 36.0 Å². The van der Waals surface area contributed by atoms with E-state index in [4.69, 9.17) is 0 Å². The Morgan fingerprint density at radius 3 is 2.13 bits per heavy atom. The molecule has 0 saturated carbocycles. The molecule has 1 atom stereocenters. The standard InChI is InChI=1S/C31H26F2N6/c32-25-5-3-6-26(33)30(25)28-13-12-27(37-28)22-10-8-21(9-11-22)24-19-35-31(36-20-24)39-16-14-38(15-17-39)29-7-2-1-4-23(29)18-34/h1-11,19-20,27H,12-17H2. The molecule has 0 N–H and O–H groups in total. The molecule has 8 heteroatoms. The van der Waals surface area contributed by atoms with E-state index in [2.05, 4.69) is 30.8 Å². The van der Waals surface area contributed by atoms with Gasteiger partial charge in [0.1, 0.15) is 17.7 Å². The van der Waals surface area contributed by atoms with Crippen molar-refractivity contribution >= 4 is 17.3 Å². The average molecular weight is 521 g/mol. The van der Waals surface area contributed by atoms with Crippen molar-refractivity contribution in [1.29, 1.82) is 5.26 Å². The van der Waals surface area contributed by atoms with Gasteiger partial charge in [0.2, 0.25) is 5.95 Å². The van der Waals surface area contributed by atoms with E-state index in [-0.39, 0.29) is 11.6 Å². The number of halogens is 2. The Balaban J connectivity index is 1.10. The van der Waals surface area contributed by atoms with Gasteiger partial charge >= 0.3 is 0 Å². The van der Waals surface area contributed by atoms with Gasteiger partial charge in [0.15, 0.2) is 0 Å². The summed E-state index contributed by atoms with van der Waals surface area (Å²) in [5.41, 5.74) is 5.05. The number of hydrogen-bond acceptors (Lipinski definition) is 6. The number of para-hydroxylation sites is 1. The number of hydrogen-bond donors (Lipinski definition) is 0. The monoisotopic (exact) mass is 520 g/mol.